The third kappa shape index (κ3) is 3.17. The summed E-state index contributed by atoms with van der Waals surface area (Å²) in [5, 5.41) is 20.2. The van der Waals surface area contributed by atoms with Gasteiger partial charge in [-0.3, -0.25) is 0 Å². The molecule has 6 nitrogen and oxygen atoms in total. The summed E-state index contributed by atoms with van der Waals surface area (Å²) in [6, 6.07) is 5.50. The number of phenols is 1. The Kier molecular flexibility index (Phi) is 3.98. The van der Waals surface area contributed by atoms with Crippen molar-refractivity contribution in [1.29, 1.82) is 0 Å². The Hall–Kier alpha value is -2.41. The summed E-state index contributed by atoms with van der Waals surface area (Å²) in [7, 11) is 0. The molecule has 2 heterocycles. The maximum Gasteiger partial charge on any atom is 0.294 e. The standard InChI is InChI=1S/C21H24N4O2S/c1-20-5-6-21(2,12-20)11-15(10-20)27-19-24-23-18(28-19)16-4-3-14(9-17(16)26)25-8-7-22-13-25/h3-4,7-9,13,15,26H,5-6,10-12H2,1-2H3/t15?,20-,21+. The minimum Gasteiger partial charge on any atom is -0.507 e. The van der Waals surface area contributed by atoms with E-state index >= 15 is 0 Å². The van der Waals surface area contributed by atoms with E-state index in [0.717, 1.165) is 18.5 Å². The molecule has 0 amide bonds. The minimum absolute atomic E-state index is 0.171. The fourth-order valence-electron chi connectivity index (χ4n) is 5.20. The number of phenolic OH excluding ortho intramolecular Hbond substituents is 1. The number of imidazole rings is 1. The Balaban J connectivity index is 1.34. The molecule has 2 bridgehead atoms. The van der Waals surface area contributed by atoms with E-state index in [0.29, 0.717) is 26.6 Å². The Morgan fingerprint density at radius 1 is 1.18 bits per heavy atom. The second-order valence-electron chi connectivity index (χ2n) is 8.99. The molecule has 0 aliphatic heterocycles. The quantitative estimate of drug-likeness (QED) is 0.683. The van der Waals surface area contributed by atoms with Crippen molar-refractivity contribution < 1.29 is 9.84 Å². The molecule has 1 N–H and O–H groups in total. The Morgan fingerprint density at radius 3 is 2.64 bits per heavy atom. The number of nitrogens with zero attached hydrogens (tertiary/aromatic N) is 4. The van der Waals surface area contributed by atoms with Gasteiger partial charge < -0.3 is 14.4 Å². The van der Waals surface area contributed by atoms with Gasteiger partial charge in [0.05, 0.1) is 17.6 Å². The second-order valence-corrected chi connectivity index (χ2v) is 9.93. The zero-order valence-electron chi connectivity index (χ0n) is 16.1. The van der Waals surface area contributed by atoms with Gasteiger partial charge in [-0.25, -0.2) is 4.98 Å². The van der Waals surface area contributed by atoms with Gasteiger partial charge in [-0.2, -0.15) is 0 Å². The minimum atomic E-state index is 0.171. The summed E-state index contributed by atoms with van der Waals surface area (Å²) in [5.41, 5.74) is 2.30. The van der Waals surface area contributed by atoms with Crippen molar-refractivity contribution in [2.45, 2.75) is 52.1 Å². The lowest BCUT2D eigenvalue weighted by atomic mass is 9.70. The second kappa shape index (κ2) is 6.30. The van der Waals surface area contributed by atoms with E-state index in [4.69, 9.17) is 4.74 Å². The van der Waals surface area contributed by atoms with Crippen LogP contribution in [0.25, 0.3) is 16.3 Å². The van der Waals surface area contributed by atoms with Gasteiger partial charge in [0.25, 0.3) is 5.19 Å². The molecule has 3 atom stereocenters. The fourth-order valence-corrected chi connectivity index (χ4v) is 5.99. The summed E-state index contributed by atoms with van der Waals surface area (Å²) in [6.45, 7) is 4.78. The van der Waals surface area contributed by atoms with Crippen molar-refractivity contribution in [1.82, 2.24) is 19.7 Å². The smallest absolute Gasteiger partial charge is 0.294 e. The van der Waals surface area contributed by atoms with E-state index in [-0.39, 0.29) is 11.9 Å². The number of hydrogen-bond donors (Lipinski definition) is 1. The van der Waals surface area contributed by atoms with Crippen LogP contribution in [0.15, 0.2) is 36.9 Å². The first-order valence-corrected chi connectivity index (χ1v) is 10.6. The summed E-state index contributed by atoms with van der Waals surface area (Å²) in [5.74, 6) is 0.171. The molecule has 1 unspecified atom stereocenters. The molecule has 2 aromatic heterocycles. The number of hydrogen-bond acceptors (Lipinski definition) is 6. The number of aromatic nitrogens is 4. The topological polar surface area (TPSA) is 73.1 Å². The van der Waals surface area contributed by atoms with E-state index in [1.165, 1.54) is 30.6 Å². The van der Waals surface area contributed by atoms with E-state index in [2.05, 4.69) is 29.0 Å². The number of benzene rings is 1. The highest BCUT2D eigenvalue weighted by Gasteiger charge is 2.49. The zero-order chi connectivity index (χ0) is 19.4. The first kappa shape index (κ1) is 17.7. The lowest BCUT2D eigenvalue weighted by molar-refractivity contribution is 0.0429. The van der Waals surface area contributed by atoms with Gasteiger partial charge in [0.1, 0.15) is 11.9 Å². The van der Waals surface area contributed by atoms with Gasteiger partial charge in [-0.05, 0) is 55.1 Å². The number of aromatic hydroxyl groups is 1. The predicted octanol–water partition coefficient (Wildman–Crippen LogP) is 4.83. The highest BCUT2D eigenvalue weighted by molar-refractivity contribution is 7.16. The van der Waals surface area contributed by atoms with Crippen molar-refractivity contribution in [3.8, 4) is 27.2 Å². The van der Waals surface area contributed by atoms with Gasteiger partial charge in [-0.1, -0.05) is 30.3 Å². The van der Waals surface area contributed by atoms with Crippen molar-refractivity contribution in [3.05, 3.63) is 36.9 Å². The first-order valence-electron chi connectivity index (χ1n) is 9.73. The first-order chi connectivity index (χ1) is 13.4. The summed E-state index contributed by atoms with van der Waals surface area (Å²) < 4.78 is 8.09. The molecule has 7 heteroatoms. The van der Waals surface area contributed by atoms with Gasteiger partial charge in [0, 0.05) is 18.5 Å². The van der Waals surface area contributed by atoms with Gasteiger partial charge in [-0.15, -0.1) is 5.10 Å². The third-order valence-electron chi connectivity index (χ3n) is 6.31. The Bertz CT molecular complexity index is 984. The molecule has 0 saturated heterocycles. The summed E-state index contributed by atoms with van der Waals surface area (Å²) >= 11 is 1.39. The maximum atomic E-state index is 10.5. The zero-order valence-corrected chi connectivity index (χ0v) is 16.9. The van der Waals surface area contributed by atoms with E-state index < -0.39 is 0 Å². The van der Waals surface area contributed by atoms with E-state index in [1.807, 2.05) is 22.9 Å². The van der Waals surface area contributed by atoms with Crippen LogP contribution in [-0.4, -0.2) is 31.0 Å². The molecular formula is C21H24N4O2S. The van der Waals surface area contributed by atoms with Crippen LogP contribution < -0.4 is 4.74 Å². The average molecular weight is 397 g/mol. The normalized spacial score (nSPS) is 29.1. The molecule has 0 spiro atoms. The molecule has 2 saturated carbocycles. The van der Waals surface area contributed by atoms with Crippen LogP contribution >= 0.6 is 11.3 Å². The van der Waals surface area contributed by atoms with Crippen LogP contribution in [0.4, 0.5) is 0 Å². The molecule has 28 heavy (non-hydrogen) atoms. The van der Waals surface area contributed by atoms with E-state index in [9.17, 15) is 5.11 Å². The highest BCUT2D eigenvalue weighted by Crippen LogP contribution is 2.58. The fraction of sp³-hybridized carbons (Fsp3) is 0.476. The molecule has 2 fully saturated rings. The van der Waals surface area contributed by atoms with Crippen molar-refractivity contribution >= 4 is 11.3 Å². The average Bonchev–Trinajstić information content (AvgIpc) is 3.35. The predicted molar refractivity (Wildman–Crippen MR) is 108 cm³/mol. The van der Waals surface area contributed by atoms with Gasteiger partial charge in [0.15, 0.2) is 5.01 Å². The molecule has 2 aliphatic rings. The van der Waals surface area contributed by atoms with Crippen LogP contribution in [-0.2, 0) is 0 Å². The van der Waals surface area contributed by atoms with Crippen LogP contribution in [0.2, 0.25) is 0 Å². The van der Waals surface area contributed by atoms with Crippen LogP contribution in [0, 0.1) is 10.8 Å². The molecular weight excluding hydrogens is 372 g/mol. The van der Waals surface area contributed by atoms with Crippen LogP contribution in [0.3, 0.4) is 0 Å². The lowest BCUT2D eigenvalue weighted by Crippen LogP contribution is -2.35. The SMILES string of the molecule is C[C@]12CC[C@](C)(CC(Oc3nnc(-c4ccc(-n5ccnc5)cc4O)s3)C1)C2. The Morgan fingerprint density at radius 2 is 1.96 bits per heavy atom. The maximum absolute atomic E-state index is 10.5. The van der Waals surface area contributed by atoms with E-state index in [1.54, 1.807) is 18.6 Å². The number of fused-ring (bicyclic) bond motifs is 2. The number of ether oxygens (including phenoxy) is 1. The molecule has 3 aromatic rings. The van der Waals surface area contributed by atoms with Crippen molar-refractivity contribution in [2.24, 2.45) is 10.8 Å². The Labute approximate surface area is 168 Å². The van der Waals surface area contributed by atoms with Crippen molar-refractivity contribution in [3.63, 3.8) is 0 Å². The van der Waals surface area contributed by atoms with Crippen molar-refractivity contribution in [2.75, 3.05) is 0 Å². The molecule has 5 rings (SSSR count). The van der Waals surface area contributed by atoms with Crippen LogP contribution in [0.1, 0.15) is 46.0 Å². The largest absolute Gasteiger partial charge is 0.507 e. The van der Waals surface area contributed by atoms with Gasteiger partial charge in [0.2, 0.25) is 0 Å². The molecule has 2 aliphatic carbocycles. The molecule has 0 radical (unpaired) electrons. The lowest BCUT2D eigenvalue weighted by Gasteiger charge is -2.39. The third-order valence-corrected chi connectivity index (χ3v) is 7.16. The van der Waals surface area contributed by atoms with Crippen LogP contribution in [0.5, 0.6) is 10.9 Å². The summed E-state index contributed by atoms with van der Waals surface area (Å²) in [6.07, 6.45) is 11.5. The van der Waals surface area contributed by atoms with Gasteiger partial charge >= 0.3 is 0 Å². The molecule has 146 valence electrons. The molecule has 1 aromatic carbocycles. The monoisotopic (exact) mass is 396 g/mol. The highest BCUT2D eigenvalue weighted by atomic mass is 32.1. The summed E-state index contributed by atoms with van der Waals surface area (Å²) in [4.78, 5) is 4.04. The number of rotatable bonds is 4.